The summed E-state index contributed by atoms with van der Waals surface area (Å²) in [5.74, 6) is 1.43. The largest absolute Gasteiger partial charge is 0.494 e. The van der Waals surface area contributed by atoms with E-state index in [-0.39, 0.29) is 5.56 Å². The van der Waals surface area contributed by atoms with Gasteiger partial charge in [-0.05, 0) is 49.2 Å². The Morgan fingerprint density at radius 2 is 2.00 bits per heavy atom. The first-order valence-electron chi connectivity index (χ1n) is 7.42. The minimum atomic E-state index is -0.119. The molecule has 0 amide bonds. The molecule has 0 aliphatic heterocycles. The number of hydrogen-bond donors (Lipinski definition) is 1. The van der Waals surface area contributed by atoms with Gasteiger partial charge in [-0.15, -0.1) is 0 Å². The minimum Gasteiger partial charge on any atom is -0.494 e. The number of rotatable bonds is 4. The van der Waals surface area contributed by atoms with Gasteiger partial charge in [-0.25, -0.2) is 4.98 Å². The molecule has 3 rings (SSSR count). The number of aromatic amines is 1. The zero-order valence-corrected chi connectivity index (χ0v) is 12.7. The summed E-state index contributed by atoms with van der Waals surface area (Å²) in [5.41, 5.74) is 2.51. The van der Waals surface area contributed by atoms with Crippen LogP contribution in [-0.2, 0) is 0 Å². The van der Waals surface area contributed by atoms with Crippen molar-refractivity contribution in [3.05, 3.63) is 58.4 Å². The van der Waals surface area contributed by atoms with E-state index in [9.17, 15) is 4.79 Å². The number of aryl methyl sites for hydroxylation is 1. The number of nitrogens with zero attached hydrogens (tertiary/aromatic N) is 1. The molecule has 0 radical (unpaired) electrons. The molecule has 22 heavy (non-hydrogen) atoms. The number of ether oxygens (including phenoxy) is 1. The standard InChI is InChI=1S/C18H18N2O2/c1-3-10-22-13-8-9-14(12(2)11-13)17-19-16-7-5-4-6-15(16)18(21)20-17/h4-9,11H,3,10H2,1-2H3,(H,19,20,21). The number of para-hydroxylation sites is 1. The van der Waals surface area contributed by atoms with Gasteiger partial charge in [0, 0.05) is 5.56 Å². The van der Waals surface area contributed by atoms with E-state index >= 15 is 0 Å². The number of benzene rings is 2. The fraction of sp³-hybridized carbons (Fsp3) is 0.222. The summed E-state index contributed by atoms with van der Waals surface area (Å²) in [6.07, 6.45) is 0.973. The molecule has 3 aromatic rings. The quantitative estimate of drug-likeness (QED) is 0.798. The first kappa shape index (κ1) is 14.3. The van der Waals surface area contributed by atoms with E-state index in [1.54, 1.807) is 6.07 Å². The Bertz CT molecular complexity index is 868. The van der Waals surface area contributed by atoms with E-state index < -0.39 is 0 Å². The van der Waals surface area contributed by atoms with Gasteiger partial charge in [0.15, 0.2) is 0 Å². The maximum atomic E-state index is 12.2. The van der Waals surface area contributed by atoms with Crippen molar-refractivity contribution in [3.63, 3.8) is 0 Å². The topological polar surface area (TPSA) is 55.0 Å². The number of hydrogen-bond acceptors (Lipinski definition) is 3. The predicted octanol–water partition coefficient (Wildman–Crippen LogP) is 3.69. The van der Waals surface area contributed by atoms with Crippen LogP contribution >= 0.6 is 0 Å². The van der Waals surface area contributed by atoms with Crippen molar-refractivity contribution in [2.45, 2.75) is 20.3 Å². The molecular weight excluding hydrogens is 276 g/mol. The van der Waals surface area contributed by atoms with Gasteiger partial charge in [-0.1, -0.05) is 19.1 Å². The van der Waals surface area contributed by atoms with Crippen LogP contribution in [0.5, 0.6) is 5.75 Å². The fourth-order valence-corrected chi connectivity index (χ4v) is 2.43. The van der Waals surface area contributed by atoms with Crippen LogP contribution in [0.3, 0.4) is 0 Å². The molecule has 1 aromatic heterocycles. The Hall–Kier alpha value is -2.62. The zero-order chi connectivity index (χ0) is 15.5. The molecule has 0 aliphatic carbocycles. The molecule has 0 unspecified atom stereocenters. The normalized spacial score (nSPS) is 10.8. The summed E-state index contributed by atoms with van der Waals surface area (Å²) < 4.78 is 5.63. The molecular formula is C18H18N2O2. The lowest BCUT2D eigenvalue weighted by Crippen LogP contribution is -2.09. The van der Waals surface area contributed by atoms with Crippen LogP contribution in [0.15, 0.2) is 47.3 Å². The fourth-order valence-electron chi connectivity index (χ4n) is 2.43. The third-order valence-electron chi connectivity index (χ3n) is 3.54. The molecule has 2 aromatic carbocycles. The minimum absolute atomic E-state index is 0.119. The first-order chi connectivity index (χ1) is 10.7. The molecule has 112 valence electrons. The van der Waals surface area contributed by atoms with Gasteiger partial charge in [0.05, 0.1) is 17.5 Å². The highest BCUT2D eigenvalue weighted by Crippen LogP contribution is 2.24. The lowest BCUT2D eigenvalue weighted by atomic mass is 10.1. The average Bonchev–Trinajstić information content (AvgIpc) is 2.53. The number of nitrogens with one attached hydrogen (secondary N) is 1. The van der Waals surface area contributed by atoms with E-state index in [2.05, 4.69) is 16.9 Å². The third kappa shape index (κ3) is 2.72. The van der Waals surface area contributed by atoms with E-state index in [0.29, 0.717) is 23.3 Å². The summed E-state index contributed by atoms with van der Waals surface area (Å²) >= 11 is 0. The lowest BCUT2D eigenvalue weighted by molar-refractivity contribution is 0.317. The summed E-state index contributed by atoms with van der Waals surface area (Å²) in [5, 5.41) is 0.604. The van der Waals surface area contributed by atoms with Crippen molar-refractivity contribution in [2.24, 2.45) is 0 Å². The maximum absolute atomic E-state index is 12.2. The van der Waals surface area contributed by atoms with Crippen molar-refractivity contribution >= 4 is 10.9 Å². The third-order valence-corrected chi connectivity index (χ3v) is 3.54. The summed E-state index contributed by atoms with van der Waals surface area (Å²) in [6.45, 7) is 4.76. The Balaban J connectivity index is 2.06. The smallest absolute Gasteiger partial charge is 0.259 e. The van der Waals surface area contributed by atoms with E-state index in [1.165, 1.54) is 0 Å². The van der Waals surface area contributed by atoms with Gasteiger partial charge in [-0.3, -0.25) is 4.79 Å². The average molecular weight is 294 g/mol. The lowest BCUT2D eigenvalue weighted by Gasteiger charge is -2.10. The highest BCUT2D eigenvalue weighted by Gasteiger charge is 2.09. The second kappa shape index (κ2) is 6.02. The van der Waals surface area contributed by atoms with Crippen molar-refractivity contribution < 1.29 is 4.74 Å². The van der Waals surface area contributed by atoms with Crippen molar-refractivity contribution in [1.82, 2.24) is 9.97 Å². The molecule has 1 N–H and O–H groups in total. The van der Waals surface area contributed by atoms with Gasteiger partial charge < -0.3 is 9.72 Å². The van der Waals surface area contributed by atoms with Crippen molar-refractivity contribution in [3.8, 4) is 17.1 Å². The van der Waals surface area contributed by atoms with Gasteiger partial charge in [0.25, 0.3) is 5.56 Å². The van der Waals surface area contributed by atoms with Crippen LogP contribution < -0.4 is 10.3 Å². The summed E-state index contributed by atoms with van der Waals surface area (Å²) in [7, 11) is 0. The molecule has 4 nitrogen and oxygen atoms in total. The highest BCUT2D eigenvalue weighted by atomic mass is 16.5. The molecule has 0 saturated heterocycles. The summed E-state index contributed by atoms with van der Waals surface area (Å²) in [4.78, 5) is 19.6. The van der Waals surface area contributed by atoms with Crippen LogP contribution in [0.1, 0.15) is 18.9 Å². The molecule has 0 saturated carbocycles. The van der Waals surface area contributed by atoms with Gasteiger partial charge in [0.2, 0.25) is 0 Å². The van der Waals surface area contributed by atoms with E-state index in [0.717, 1.165) is 23.3 Å². The SMILES string of the molecule is CCCOc1ccc(-c2nc3ccccc3c(=O)[nH]2)c(C)c1. The van der Waals surface area contributed by atoms with Crippen LogP contribution in [0.2, 0.25) is 0 Å². The van der Waals surface area contributed by atoms with E-state index in [4.69, 9.17) is 4.74 Å². The molecule has 0 atom stereocenters. The number of fused-ring (bicyclic) bond motifs is 1. The molecule has 0 aliphatic rings. The molecule has 1 heterocycles. The predicted molar refractivity (Wildman–Crippen MR) is 88.3 cm³/mol. The first-order valence-corrected chi connectivity index (χ1v) is 7.42. The Morgan fingerprint density at radius 3 is 2.77 bits per heavy atom. The number of aromatic nitrogens is 2. The second-order valence-corrected chi connectivity index (χ2v) is 5.26. The van der Waals surface area contributed by atoms with Crippen molar-refractivity contribution in [1.29, 1.82) is 0 Å². The molecule has 0 fully saturated rings. The van der Waals surface area contributed by atoms with E-state index in [1.807, 2.05) is 43.3 Å². The van der Waals surface area contributed by atoms with Crippen molar-refractivity contribution in [2.75, 3.05) is 6.61 Å². The second-order valence-electron chi connectivity index (χ2n) is 5.26. The summed E-state index contributed by atoms with van der Waals surface area (Å²) in [6, 6.07) is 13.2. The highest BCUT2D eigenvalue weighted by molar-refractivity contribution is 5.79. The van der Waals surface area contributed by atoms with Gasteiger partial charge >= 0.3 is 0 Å². The zero-order valence-electron chi connectivity index (χ0n) is 12.7. The Labute approximate surface area is 128 Å². The van der Waals surface area contributed by atoms with Gasteiger partial charge in [-0.2, -0.15) is 0 Å². The van der Waals surface area contributed by atoms with Gasteiger partial charge in [0.1, 0.15) is 11.6 Å². The number of H-pyrrole nitrogens is 1. The molecule has 0 spiro atoms. The van der Waals surface area contributed by atoms with Crippen LogP contribution in [0.4, 0.5) is 0 Å². The van der Waals surface area contributed by atoms with Crippen LogP contribution in [-0.4, -0.2) is 16.6 Å². The Kier molecular flexibility index (Phi) is 3.92. The van der Waals surface area contributed by atoms with Crippen LogP contribution in [0, 0.1) is 6.92 Å². The Morgan fingerprint density at radius 1 is 1.18 bits per heavy atom. The molecule has 4 heteroatoms. The van der Waals surface area contributed by atoms with Crippen LogP contribution in [0.25, 0.3) is 22.3 Å². The maximum Gasteiger partial charge on any atom is 0.259 e. The molecule has 0 bridgehead atoms. The monoisotopic (exact) mass is 294 g/mol.